The van der Waals surface area contributed by atoms with Crippen LogP contribution >= 0.6 is 0 Å². The number of carbonyl (C=O) groups excluding carboxylic acids is 1. The first kappa shape index (κ1) is 12.9. The molecule has 2 aromatic rings. The van der Waals surface area contributed by atoms with Gasteiger partial charge in [-0.3, -0.25) is 4.79 Å². The first-order chi connectivity index (χ1) is 8.97. The van der Waals surface area contributed by atoms with Gasteiger partial charge in [-0.2, -0.15) is 0 Å². The number of hydrogen-bond acceptors (Lipinski definition) is 3. The summed E-state index contributed by atoms with van der Waals surface area (Å²) in [7, 11) is 0. The molecule has 0 atom stereocenters. The predicted octanol–water partition coefficient (Wildman–Crippen LogP) is 2.61. The van der Waals surface area contributed by atoms with Gasteiger partial charge in [0.1, 0.15) is 11.6 Å². The van der Waals surface area contributed by atoms with Gasteiger partial charge in [0.2, 0.25) is 5.91 Å². The third-order valence-electron chi connectivity index (χ3n) is 2.67. The maximum atomic E-state index is 13.4. The van der Waals surface area contributed by atoms with Crippen molar-refractivity contribution in [2.45, 2.75) is 6.92 Å². The van der Waals surface area contributed by atoms with Gasteiger partial charge in [-0.05, 0) is 36.8 Å². The summed E-state index contributed by atoms with van der Waals surface area (Å²) in [5.74, 6) is -0.391. The highest BCUT2D eigenvalue weighted by Crippen LogP contribution is 2.29. The smallest absolute Gasteiger partial charge is 0.248 e. The molecule has 98 valence electrons. The first-order valence-electron chi connectivity index (χ1n) is 5.60. The van der Waals surface area contributed by atoms with Gasteiger partial charge in [0.25, 0.3) is 0 Å². The number of primary amides is 1. The van der Waals surface area contributed by atoms with E-state index in [2.05, 4.69) is 0 Å². The zero-order valence-electron chi connectivity index (χ0n) is 10.3. The lowest BCUT2D eigenvalue weighted by Crippen LogP contribution is -2.11. The van der Waals surface area contributed by atoms with Crippen molar-refractivity contribution in [2.24, 2.45) is 5.73 Å². The van der Waals surface area contributed by atoms with Gasteiger partial charge in [-0.1, -0.05) is 6.07 Å². The van der Waals surface area contributed by atoms with E-state index < -0.39 is 5.91 Å². The summed E-state index contributed by atoms with van der Waals surface area (Å²) in [5.41, 5.74) is 12.0. The monoisotopic (exact) mass is 260 g/mol. The van der Waals surface area contributed by atoms with E-state index in [1.165, 1.54) is 24.3 Å². The highest BCUT2D eigenvalue weighted by Gasteiger charge is 2.08. The van der Waals surface area contributed by atoms with Gasteiger partial charge in [-0.15, -0.1) is 0 Å². The van der Waals surface area contributed by atoms with Crippen LogP contribution in [-0.2, 0) is 0 Å². The molecule has 0 spiro atoms. The standard InChI is InChI=1S/C14H13FN2O2/c1-8-2-4-10(7-11(8)15)19-13-6-9(14(17)18)3-5-12(13)16/h2-7H,16H2,1H3,(H2,17,18). The van der Waals surface area contributed by atoms with Crippen molar-refractivity contribution in [1.82, 2.24) is 0 Å². The van der Waals surface area contributed by atoms with E-state index in [1.54, 1.807) is 19.1 Å². The summed E-state index contributed by atoms with van der Waals surface area (Å²) < 4.78 is 18.9. The Bertz CT molecular complexity index is 641. The van der Waals surface area contributed by atoms with Crippen LogP contribution in [0.15, 0.2) is 36.4 Å². The minimum absolute atomic E-state index is 0.263. The van der Waals surface area contributed by atoms with Crippen LogP contribution in [0.3, 0.4) is 0 Å². The predicted molar refractivity (Wildman–Crippen MR) is 70.6 cm³/mol. The highest BCUT2D eigenvalue weighted by atomic mass is 19.1. The summed E-state index contributed by atoms with van der Waals surface area (Å²) in [6.45, 7) is 1.65. The largest absolute Gasteiger partial charge is 0.455 e. The molecule has 5 heteroatoms. The van der Waals surface area contributed by atoms with Gasteiger partial charge < -0.3 is 16.2 Å². The second-order valence-electron chi connectivity index (χ2n) is 4.13. The van der Waals surface area contributed by atoms with Gasteiger partial charge in [0.15, 0.2) is 5.75 Å². The van der Waals surface area contributed by atoms with Crippen molar-refractivity contribution in [1.29, 1.82) is 0 Å². The van der Waals surface area contributed by atoms with Crippen LogP contribution in [0.1, 0.15) is 15.9 Å². The minimum atomic E-state index is -0.583. The number of halogens is 1. The average molecular weight is 260 g/mol. The topological polar surface area (TPSA) is 78.3 Å². The van der Waals surface area contributed by atoms with Crippen molar-refractivity contribution >= 4 is 11.6 Å². The molecule has 0 bridgehead atoms. The SMILES string of the molecule is Cc1ccc(Oc2cc(C(N)=O)ccc2N)cc1F. The van der Waals surface area contributed by atoms with E-state index >= 15 is 0 Å². The maximum Gasteiger partial charge on any atom is 0.248 e. The normalized spacial score (nSPS) is 10.2. The Balaban J connectivity index is 2.34. The Morgan fingerprint density at radius 3 is 2.58 bits per heavy atom. The summed E-state index contributed by atoms with van der Waals surface area (Å²) in [5, 5.41) is 0. The summed E-state index contributed by atoms with van der Waals surface area (Å²) >= 11 is 0. The van der Waals surface area contributed by atoms with Crippen LogP contribution < -0.4 is 16.2 Å². The van der Waals surface area contributed by atoms with Crippen LogP contribution in [0.4, 0.5) is 10.1 Å². The van der Waals surface area contributed by atoms with Crippen molar-refractivity contribution in [3.8, 4) is 11.5 Å². The molecule has 0 fully saturated rings. The number of carbonyl (C=O) groups is 1. The quantitative estimate of drug-likeness (QED) is 0.832. The minimum Gasteiger partial charge on any atom is -0.455 e. The number of hydrogen-bond donors (Lipinski definition) is 2. The van der Waals surface area contributed by atoms with Crippen molar-refractivity contribution < 1.29 is 13.9 Å². The Morgan fingerprint density at radius 2 is 1.95 bits per heavy atom. The molecule has 0 unspecified atom stereocenters. The average Bonchev–Trinajstić information content (AvgIpc) is 2.36. The number of anilines is 1. The van der Waals surface area contributed by atoms with E-state index in [0.717, 1.165) is 0 Å². The molecular formula is C14H13FN2O2. The van der Waals surface area contributed by atoms with E-state index in [-0.39, 0.29) is 17.1 Å². The lowest BCUT2D eigenvalue weighted by molar-refractivity contribution is 0.1000. The second kappa shape index (κ2) is 4.97. The number of nitrogens with two attached hydrogens (primary N) is 2. The molecule has 4 N–H and O–H groups in total. The lowest BCUT2D eigenvalue weighted by atomic mass is 10.2. The molecule has 2 aromatic carbocycles. The molecule has 1 amide bonds. The summed E-state index contributed by atoms with van der Waals surface area (Å²) in [6.07, 6.45) is 0. The molecule has 0 aromatic heterocycles. The molecular weight excluding hydrogens is 247 g/mol. The van der Waals surface area contributed by atoms with Crippen LogP contribution in [0.2, 0.25) is 0 Å². The van der Waals surface area contributed by atoms with Gasteiger partial charge in [-0.25, -0.2) is 4.39 Å². The van der Waals surface area contributed by atoms with E-state index in [0.29, 0.717) is 17.0 Å². The third kappa shape index (κ3) is 2.82. The molecule has 0 aliphatic heterocycles. The number of ether oxygens (including phenoxy) is 1. The zero-order chi connectivity index (χ0) is 14.0. The molecule has 0 aliphatic carbocycles. The Labute approximate surface area is 109 Å². The molecule has 0 heterocycles. The Morgan fingerprint density at radius 1 is 1.21 bits per heavy atom. The van der Waals surface area contributed by atoms with Gasteiger partial charge >= 0.3 is 0 Å². The van der Waals surface area contributed by atoms with Crippen molar-refractivity contribution in [3.05, 3.63) is 53.3 Å². The summed E-state index contributed by atoms with van der Waals surface area (Å²) in [4.78, 5) is 11.1. The fourth-order valence-corrected chi connectivity index (χ4v) is 1.54. The Kier molecular flexibility index (Phi) is 3.37. The van der Waals surface area contributed by atoms with E-state index in [1.807, 2.05) is 0 Å². The lowest BCUT2D eigenvalue weighted by Gasteiger charge is -2.10. The van der Waals surface area contributed by atoms with Gasteiger partial charge in [0.05, 0.1) is 5.69 Å². The van der Waals surface area contributed by atoms with Crippen molar-refractivity contribution in [3.63, 3.8) is 0 Å². The second-order valence-corrected chi connectivity index (χ2v) is 4.13. The number of rotatable bonds is 3. The van der Waals surface area contributed by atoms with E-state index in [9.17, 15) is 9.18 Å². The molecule has 0 saturated heterocycles. The highest BCUT2D eigenvalue weighted by molar-refractivity contribution is 5.93. The van der Waals surface area contributed by atoms with Crippen LogP contribution in [-0.4, -0.2) is 5.91 Å². The fourth-order valence-electron chi connectivity index (χ4n) is 1.54. The molecule has 4 nitrogen and oxygen atoms in total. The maximum absolute atomic E-state index is 13.4. The molecule has 0 saturated carbocycles. The Hall–Kier alpha value is -2.56. The molecule has 2 rings (SSSR count). The van der Waals surface area contributed by atoms with E-state index in [4.69, 9.17) is 16.2 Å². The first-order valence-corrected chi connectivity index (χ1v) is 5.60. The van der Waals surface area contributed by atoms with Gasteiger partial charge in [0, 0.05) is 11.6 Å². The van der Waals surface area contributed by atoms with Crippen LogP contribution in [0.25, 0.3) is 0 Å². The van der Waals surface area contributed by atoms with Crippen LogP contribution in [0, 0.1) is 12.7 Å². The molecule has 0 aliphatic rings. The third-order valence-corrected chi connectivity index (χ3v) is 2.67. The molecule has 19 heavy (non-hydrogen) atoms. The molecule has 0 radical (unpaired) electrons. The number of benzene rings is 2. The van der Waals surface area contributed by atoms with Crippen molar-refractivity contribution in [2.75, 3.05) is 5.73 Å². The van der Waals surface area contributed by atoms with Crippen LogP contribution in [0.5, 0.6) is 11.5 Å². The number of aryl methyl sites for hydroxylation is 1. The summed E-state index contributed by atoms with van der Waals surface area (Å²) in [6, 6.07) is 8.91. The zero-order valence-corrected chi connectivity index (χ0v) is 10.3. The number of amides is 1. The fraction of sp³-hybridized carbons (Fsp3) is 0.0714. The number of nitrogen functional groups attached to an aromatic ring is 1.